The van der Waals surface area contributed by atoms with Crippen LogP contribution in [-0.2, 0) is 0 Å². The number of benzene rings is 2. The number of nitro groups is 1. The summed E-state index contributed by atoms with van der Waals surface area (Å²) in [4.78, 5) is 12.1. The van der Waals surface area contributed by atoms with Crippen LogP contribution in [0.15, 0.2) is 54.7 Å². The second-order valence-corrected chi connectivity index (χ2v) is 4.59. The van der Waals surface area contributed by atoms with Crippen molar-refractivity contribution in [3.05, 3.63) is 64.8 Å². The normalized spacial score (nSPS) is 10.5. The molecule has 0 saturated carbocycles. The van der Waals surface area contributed by atoms with Crippen molar-refractivity contribution in [1.82, 2.24) is 10.2 Å². The summed E-state index contributed by atoms with van der Waals surface area (Å²) < 4.78 is 0. The van der Waals surface area contributed by atoms with Gasteiger partial charge in [-0.1, -0.05) is 24.3 Å². The molecule has 0 aliphatic carbocycles. The van der Waals surface area contributed by atoms with E-state index in [1.54, 1.807) is 18.3 Å². The third-order valence-corrected chi connectivity index (χ3v) is 3.32. The van der Waals surface area contributed by atoms with Crippen LogP contribution in [0.25, 0.3) is 10.8 Å². The molecule has 0 aliphatic heterocycles. The van der Waals surface area contributed by atoms with Gasteiger partial charge in [0.25, 0.3) is 5.69 Å². The first-order valence-corrected chi connectivity index (χ1v) is 6.35. The van der Waals surface area contributed by atoms with Crippen molar-refractivity contribution < 1.29 is 4.92 Å². The number of hydrogen-bond acceptors (Lipinski definition) is 5. The lowest BCUT2D eigenvalue weighted by atomic mass is 10.2. The highest BCUT2D eigenvalue weighted by Crippen LogP contribution is 2.29. The Morgan fingerprint density at radius 1 is 1.10 bits per heavy atom. The Kier molecular flexibility index (Phi) is 3.19. The lowest BCUT2D eigenvalue weighted by Crippen LogP contribution is -2.12. The average Bonchev–Trinajstić information content (AvgIpc) is 2.53. The van der Waals surface area contributed by atoms with Crippen LogP contribution in [0.2, 0.25) is 0 Å². The second-order valence-electron chi connectivity index (χ2n) is 4.59. The van der Waals surface area contributed by atoms with Crippen molar-refractivity contribution in [3.63, 3.8) is 0 Å². The van der Waals surface area contributed by atoms with Crippen molar-refractivity contribution in [2.45, 2.75) is 0 Å². The van der Waals surface area contributed by atoms with Crippen LogP contribution in [-0.4, -0.2) is 22.2 Å². The summed E-state index contributed by atoms with van der Waals surface area (Å²) in [5.41, 5.74) is 0.877. The van der Waals surface area contributed by atoms with Crippen molar-refractivity contribution in [3.8, 4) is 0 Å². The summed E-state index contributed by atoms with van der Waals surface area (Å²) in [7, 11) is 1.86. The van der Waals surface area contributed by atoms with Crippen molar-refractivity contribution in [1.29, 1.82) is 0 Å². The number of nitrogens with zero attached hydrogens (tertiary/aromatic N) is 4. The minimum atomic E-state index is -0.415. The van der Waals surface area contributed by atoms with E-state index in [-0.39, 0.29) is 5.69 Å². The molecule has 0 amide bonds. The van der Waals surface area contributed by atoms with E-state index in [9.17, 15) is 10.1 Å². The minimum absolute atomic E-state index is 0.0659. The molecule has 3 aromatic rings. The molecule has 0 unspecified atom stereocenters. The largest absolute Gasteiger partial charge is 0.327 e. The van der Waals surface area contributed by atoms with E-state index in [4.69, 9.17) is 0 Å². The minimum Gasteiger partial charge on any atom is -0.327 e. The van der Waals surface area contributed by atoms with Crippen molar-refractivity contribution in [2.75, 3.05) is 11.9 Å². The summed E-state index contributed by atoms with van der Waals surface area (Å²) in [6, 6.07) is 14.2. The smallest absolute Gasteiger partial charge is 0.269 e. The maximum absolute atomic E-state index is 10.7. The Balaban J connectivity index is 2.04. The Hall–Kier alpha value is -3.02. The van der Waals surface area contributed by atoms with Crippen LogP contribution in [0.3, 0.4) is 0 Å². The van der Waals surface area contributed by atoms with E-state index in [0.29, 0.717) is 5.82 Å². The van der Waals surface area contributed by atoms with Gasteiger partial charge in [-0.05, 0) is 12.1 Å². The number of anilines is 2. The summed E-state index contributed by atoms with van der Waals surface area (Å²) >= 11 is 0. The monoisotopic (exact) mass is 280 g/mol. The highest BCUT2D eigenvalue weighted by molar-refractivity contribution is 5.93. The molecule has 0 aliphatic rings. The highest BCUT2D eigenvalue weighted by atomic mass is 16.6. The Morgan fingerprint density at radius 2 is 1.81 bits per heavy atom. The molecule has 0 bridgehead atoms. The highest BCUT2D eigenvalue weighted by Gasteiger charge is 2.12. The van der Waals surface area contributed by atoms with E-state index in [2.05, 4.69) is 10.2 Å². The average molecular weight is 280 g/mol. The van der Waals surface area contributed by atoms with Crippen molar-refractivity contribution in [2.24, 2.45) is 0 Å². The van der Waals surface area contributed by atoms with Gasteiger partial charge < -0.3 is 4.90 Å². The molecule has 1 aromatic heterocycles. The quantitative estimate of drug-likeness (QED) is 0.543. The molecule has 0 N–H and O–H groups in total. The van der Waals surface area contributed by atoms with E-state index < -0.39 is 4.92 Å². The van der Waals surface area contributed by atoms with Gasteiger partial charge in [0, 0.05) is 35.6 Å². The van der Waals surface area contributed by atoms with E-state index in [1.165, 1.54) is 12.1 Å². The lowest BCUT2D eigenvalue weighted by molar-refractivity contribution is -0.384. The van der Waals surface area contributed by atoms with Crippen LogP contribution in [0.1, 0.15) is 0 Å². The van der Waals surface area contributed by atoms with Crippen LogP contribution in [0, 0.1) is 10.1 Å². The van der Waals surface area contributed by atoms with Gasteiger partial charge in [-0.15, -0.1) is 5.10 Å². The predicted octanol–water partition coefficient (Wildman–Crippen LogP) is 3.31. The number of non-ortho nitro benzene ring substituents is 1. The Labute approximate surface area is 120 Å². The van der Waals surface area contributed by atoms with Gasteiger partial charge in [0.2, 0.25) is 0 Å². The zero-order chi connectivity index (χ0) is 14.8. The molecule has 104 valence electrons. The van der Waals surface area contributed by atoms with E-state index in [1.807, 2.05) is 36.2 Å². The first-order chi connectivity index (χ1) is 10.2. The van der Waals surface area contributed by atoms with Gasteiger partial charge in [0.1, 0.15) is 0 Å². The number of fused-ring (bicyclic) bond motifs is 1. The van der Waals surface area contributed by atoms with Crippen LogP contribution >= 0.6 is 0 Å². The number of aromatic nitrogens is 2. The van der Waals surface area contributed by atoms with Crippen LogP contribution in [0.4, 0.5) is 17.2 Å². The molecule has 21 heavy (non-hydrogen) atoms. The van der Waals surface area contributed by atoms with Gasteiger partial charge in [-0.25, -0.2) is 0 Å². The molecular weight excluding hydrogens is 268 g/mol. The standard InChI is InChI=1S/C15H12N4O2/c1-18(12-6-8-13(9-7-12)19(20)21)15-14-5-3-2-4-11(14)10-16-17-15/h2-10H,1H3. The molecule has 0 fully saturated rings. The molecule has 0 radical (unpaired) electrons. The molecule has 6 nitrogen and oxygen atoms in total. The topological polar surface area (TPSA) is 72.2 Å². The molecule has 6 heteroatoms. The molecule has 1 heterocycles. The number of hydrogen-bond donors (Lipinski definition) is 0. The fraction of sp³-hybridized carbons (Fsp3) is 0.0667. The molecule has 3 rings (SSSR count). The first-order valence-electron chi connectivity index (χ1n) is 6.35. The van der Waals surface area contributed by atoms with Crippen molar-refractivity contribution >= 4 is 28.0 Å². The molecule has 0 spiro atoms. The molecule has 0 saturated heterocycles. The Bertz CT molecular complexity index is 797. The fourth-order valence-electron chi connectivity index (χ4n) is 2.18. The lowest BCUT2D eigenvalue weighted by Gasteiger charge is -2.19. The van der Waals surface area contributed by atoms with Crippen LogP contribution in [0.5, 0.6) is 0 Å². The predicted molar refractivity (Wildman–Crippen MR) is 80.7 cm³/mol. The molecular formula is C15H12N4O2. The maximum atomic E-state index is 10.7. The zero-order valence-corrected chi connectivity index (χ0v) is 11.3. The second kappa shape index (κ2) is 5.16. The molecule has 0 atom stereocenters. The van der Waals surface area contributed by atoms with Gasteiger partial charge in [-0.2, -0.15) is 5.10 Å². The summed E-state index contributed by atoms with van der Waals surface area (Å²) in [6.45, 7) is 0. The van der Waals surface area contributed by atoms with Gasteiger partial charge in [0.15, 0.2) is 5.82 Å². The van der Waals surface area contributed by atoms with Gasteiger partial charge >= 0.3 is 0 Å². The summed E-state index contributed by atoms with van der Waals surface area (Å²) in [5.74, 6) is 0.710. The van der Waals surface area contributed by atoms with E-state index in [0.717, 1.165) is 16.5 Å². The third-order valence-electron chi connectivity index (χ3n) is 3.32. The number of nitro benzene ring substituents is 1. The SMILES string of the molecule is CN(c1ccc([N+](=O)[O-])cc1)c1nncc2ccccc12. The Morgan fingerprint density at radius 3 is 2.52 bits per heavy atom. The van der Waals surface area contributed by atoms with Crippen LogP contribution < -0.4 is 4.90 Å². The van der Waals surface area contributed by atoms with Gasteiger partial charge in [0.05, 0.1) is 11.1 Å². The fourth-order valence-corrected chi connectivity index (χ4v) is 2.18. The maximum Gasteiger partial charge on any atom is 0.269 e. The molecule has 2 aromatic carbocycles. The first kappa shape index (κ1) is 13.0. The van der Waals surface area contributed by atoms with Gasteiger partial charge in [-0.3, -0.25) is 10.1 Å². The third kappa shape index (κ3) is 2.38. The zero-order valence-electron chi connectivity index (χ0n) is 11.3. The number of rotatable bonds is 3. The summed E-state index contributed by atoms with van der Waals surface area (Å²) in [5, 5.41) is 20.9. The summed E-state index contributed by atoms with van der Waals surface area (Å²) in [6.07, 6.45) is 1.71. The van der Waals surface area contributed by atoms with E-state index >= 15 is 0 Å².